The van der Waals surface area contributed by atoms with Crippen molar-refractivity contribution in [3.63, 3.8) is 0 Å². The Labute approximate surface area is 216 Å². The molecule has 37 heavy (non-hydrogen) atoms. The first-order valence-electron chi connectivity index (χ1n) is 12.9. The molecular weight excluding hydrogens is 473 g/mol. The first-order valence-corrected chi connectivity index (χ1v) is 12.9. The quantitative estimate of drug-likeness (QED) is 0.533. The molecule has 1 aromatic heterocycles. The predicted octanol–water partition coefficient (Wildman–Crippen LogP) is 5.96. The number of carbonyl (C=O) groups excluding carboxylic acids is 1. The zero-order valence-electron chi connectivity index (χ0n) is 21.5. The van der Waals surface area contributed by atoms with Gasteiger partial charge in [-0.2, -0.15) is 0 Å². The average molecular weight is 508 g/mol. The Kier molecular flexibility index (Phi) is 6.46. The van der Waals surface area contributed by atoms with Crippen molar-refractivity contribution in [1.29, 1.82) is 0 Å². The molecule has 1 aromatic carbocycles. The Balaban J connectivity index is 1.37. The van der Waals surface area contributed by atoms with Crippen LogP contribution in [0.25, 0.3) is 17.2 Å². The maximum atomic E-state index is 13.6. The van der Waals surface area contributed by atoms with Gasteiger partial charge < -0.3 is 20.1 Å². The van der Waals surface area contributed by atoms with E-state index in [4.69, 9.17) is 4.74 Å². The van der Waals surface area contributed by atoms with Crippen molar-refractivity contribution < 1.29 is 23.8 Å². The third-order valence-corrected chi connectivity index (χ3v) is 8.23. The molecule has 2 aromatic rings. The van der Waals surface area contributed by atoms with Crippen molar-refractivity contribution in [3.8, 4) is 11.1 Å². The Hall–Kier alpha value is -3.42. The van der Waals surface area contributed by atoms with E-state index in [1.807, 2.05) is 45.0 Å². The summed E-state index contributed by atoms with van der Waals surface area (Å²) in [5, 5.41) is 12.8. The number of alkyl carbamates (subject to hydrolysis) is 1. The summed E-state index contributed by atoms with van der Waals surface area (Å²) in [6.07, 6.45) is 7.67. The van der Waals surface area contributed by atoms with E-state index in [1.165, 1.54) is 12.1 Å². The summed E-state index contributed by atoms with van der Waals surface area (Å²) in [6, 6.07) is 10.2. The molecule has 1 saturated heterocycles. The average Bonchev–Trinajstić information content (AvgIpc) is 3.34. The molecule has 5 rings (SSSR count). The lowest BCUT2D eigenvalue weighted by atomic mass is 9.74. The van der Waals surface area contributed by atoms with E-state index in [-0.39, 0.29) is 23.7 Å². The summed E-state index contributed by atoms with van der Waals surface area (Å²) >= 11 is 0. The number of ether oxygens (including phenoxy) is 1. The molecule has 2 heterocycles. The lowest BCUT2D eigenvalue weighted by Crippen LogP contribution is -2.53. The fraction of sp³-hybridized carbons (Fsp3) is 0.483. The molecule has 0 radical (unpaired) electrons. The van der Waals surface area contributed by atoms with Crippen LogP contribution in [0.15, 0.2) is 48.7 Å². The van der Waals surface area contributed by atoms with Crippen molar-refractivity contribution in [2.75, 3.05) is 6.54 Å². The number of amides is 2. The molecule has 2 N–H and O–H groups in total. The molecule has 2 amide bonds. The fourth-order valence-corrected chi connectivity index (χ4v) is 6.81. The van der Waals surface area contributed by atoms with E-state index in [9.17, 15) is 19.1 Å². The Morgan fingerprint density at radius 1 is 1.24 bits per heavy atom. The first kappa shape index (κ1) is 25.2. The van der Waals surface area contributed by atoms with E-state index >= 15 is 0 Å². The van der Waals surface area contributed by atoms with Crippen molar-refractivity contribution in [2.45, 2.75) is 63.6 Å². The van der Waals surface area contributed by atoms with Crippen LogP contribution in [0.3, 0.4) is 0 Å². The van der Waals surface area contributed by atoms with Crippen LogP contribution in [0.4, 0.5) is 14.0 Å². The number of hydrogen-bond donors (Lipinski definition) is 2. The van der Waals surface area contributed by atoms with Crippen LogP contribution in [0.1, 0.15) is 52.1 Å². The van der Waals surface area contributed by atoms with E-state index in [1.54, 1.807) is 17.2 Å². The second kappa shape index (κ2) is 9.47. The number of aromatic nitrogens is 1. The summed E-state index contributed by atoms with van der Waals surface area (Å²) in [5.41, 5.74) is 1.27. The van der Waals surface area contributed by atoms with E-state index in [2.05, 4.69) is 16.4 Å². The maximum absolute atomic E-state index is 13.6. The number of nitrogens with zero attached hydrogens (tertiary/aromatic N) is 2. The number of nitrogens with one attached hydrogen (secondary N) is 1. The predicted molar refractivity (Wildman–Crippen MR) is 138 cm³/mol. The highest BCUT2D eigenvalue weighted by molar-refractivity contribution is 5.71. The zero-order valence-corrected chi connectivity index (χ0v) is 21.5. The molecule has 7 nitrogen and oxygen atoms in total. The fourth-order valence-electron chi connectivity index (χ4n) is 6.81. The van der Waals surface area contributed by atoms with Gasteiger partial charge in [-0.3, -0.25) is 4.98 Å². The summed E-state index contributed by atoms with van der Waals surface area (Å²) < 4.78 is 19.5. The van der Waals surface area contributed by atoms with Crippen molar-refractivity contribution in [1.82, 2.24) is 15.2 Å². The molecule has 3 aliphatic rings. The number of benzene rings is 1. The normalized spacial score (nSPS) is 29.2. The van der Waals surface area contributed by atoms with Crippen LogP contribution in [0.2, 0.25) is 0 Å². The highest BCUT2D eigenvalue weighted by Crippen LogP contribution is 2.55. The van der Waals surface area contributed by atoms with Crippen molar-refractivity contribution in [3.05, 3.63) is 60.2 Å². The molecule has 8 heteroatoms. The zero-order chi connectivity index (χ0) is 26.4. The first-order chi connectivity index (χ1) is 17.6. The molecule has 0 bridgehead atoms. The molecule has 5 atom stereocenters. The van der Waals surface area contributed by atoms with E-state index in [0.29, 0.717) is 18.9 Å². The topological polar surface area (TPSA) is 91.8 Å². The smallest absolute Gasteiger partial charge is 0.407 e. The molecule has 2 saturated carbocycles. The van der Waals surface area contributed by atoms with Gasteiger partial charge in [0.2, 0.25) is 0 Å². The van der Waals surface area contributed by atoms with Crippen LogP contribution in [0.5, 0.6) is 0 Å². The maximum Gasteiger partial charge on any atom is 0.407 e. The SMILES string of the molecule is CC(C)(C)N(C(=O)O)C1CC[C@@H]2[C@@H](C1)CC1(CNC(=O)O1)[C@H]2/C=C/c1ccc(-c2cccc(F)c2)cn1. The van der Waals surface area contributed by atoms with Crippen LogP contribution in [-0.2, 0) is 4.74 Å². The van der Waals surface area contributed by atoms with Gasteiger partial charge in [-0.1, -0.05) is 24.3 Å². The monoisotopic (exact) mass is 507 g/mol. The van der Waals surface area contributed by atoms with Crippen LogP contribution in [0, 0.1) is 23.6 Å². The van der Waals surface area contributed by atoms with Gasteiger partial charge >= 0.3 is 12.2 Å². The third-order valence-electron chi connectivity index (χ3n) is 8.23. The van der Waals surface area contributed by atoms with Crippen molar-refractivity contribution >= 4 is 18.3 Å². The molecule has 3 fully saturated rings. The number of carboxylic acid groups (broad SMARTS) is 1. The Morgan fingerprint density at radius 3 is 2.68 bits per heavy atom. The van der Waals surface area contributed by atoms with Gasteiger partial charge in [-0.05, 0) is 88.1 Å². The van der Waals surface area contributed by atoms with E-state index in [0.717, 1.165) is 36.1 Å². The number of carbonyl (C=O) groups is 2. The van der Waals surface area contributed by atoms with Crippen molar-refractivity contribution in [2.24, 2.45) is 17.8 Å². The largest absolute Gasteiger partial charge is 0.465 e. The minimum atomic E-state index is -0.887. The van der Waals surface area contributed by atoms with Gasteiger partial charge in [-0.15, -0.1) is 0 Å². The third kappa shape index (κ3) is 4.93. The minimum Gasteiger partial charge on any atom is -0.465 e. The highest BCUT2D eigenvalue weighted by atomic mass is 19.1. The van der Waals surface area contributed by atoms with Gasteiger partial charge in [0.05, 0.1) is 12.2 Å². The number of rotatable bonds is 4. The summed E-state index contributed by atoms with van der Waals surface area (Å²) in [6.45, 7) is 6.25. The summed E-state index contributed by atoms with van der Waals surface area (Å²) in [5.74, 6) is 0.275. The molecule has 196 valence electrons. The van der Waals surface area contributed by atoms with Gasteiger partial charge in [-0.25, -0.2) is 14.0 Å². The molecule has 1 aliphatic heterocycles. The van der Waals surface area contributed by atoms with Gasteiger partial charge in [0.15, 0.2) is 0 Å². The Bertz CT molecular complexity index is 1210. The van der Waals surface area contributed by atoms with Crippen LogP contribution in [-0.4, -0.2) is 50.9 Å². The highest BCUT2D eigenvalue weighted by Gasteiger charge is 2.59. The molecule has 1 spiro atoms. The number of pyridine rings is 1. The Morgan fingerprint density at radius 2 is 2.05 bits per heavy atom. The molecular formula is C29H34FN3O4. The number of halogens is 1. The second-order valence-corrected chi connectivity index (χ2v) is 11.6. The lowest BCUT2D eigenvalue weighted by molar-refractivity contribution is 0.0302. The summed E-state index contributed by atoms with van der Waals surface area (Å²) in [4.78, 5) is 30.4. The standard InChI is InChI=1S/C29H34FN3O4/c1-28(2,3)33(27(35)36)23-10-11-24-20(14-23)15-29(17-32-26(34)37-29)25(24)12-9-22-8-7-19(16-31-22)18-5-4-6-21(30)13-18/h4-9,12-13,16,20,23-25H,10-11,14-15,17H2,1-3H3,(H,32,34)(H,35,36)/b12-9+/t20-,23?,24+,25-,29?/m0/s1. The second-order valence-electron chi connectivity index (χ2n) is 11.6. The van der Waals surface area contributed by atoms with Gasteiger partial charge in [0, 0.05) is 29.3 Å². The minimum absolute atomic E-state index is 0.00927. The van der Waals surface area contributed by atoms with Gasteiger partial charge in [0.1, 0.15) is 11.4 Å². The lowest BCUT2D eigenvalue weighted by Gasteiger charge is -2.44. The van der Waals surface area contributed by atoms with Crippen LogP contribution < -0.4 is 5.32 Å². The number of fused-ring (bicyclic) bond motifs is 1. The molecule has 2 aliphatic carbocycles. The molecule has 2 unspecified atom stereocenters. The van der Waals surface area contributed by atoms with Crippen LogP contribution >= 0.6 is 0 Å². The summed E-state index contributed by atoms with van der Waals surface area (Å²) in [7, 11) is 0. The van der Waals surface area contributed by atoms with Gasteiger partial charge in [0.25, 0.3) is 0 Å². The number of hydrogen-bond acceptors (Lipinski definition) is 4. The van der Waals surface area contributed by atoms with E-state index < -0.39 is 23.3 Å².